The molecule has 0 saturated carbocycles. The Hall–Kier alpha value is -2.49. The van der Waals surface area contributed by atoms with Crippen LogP contribution in [-0.4, -0.2) is 38.3 Å². The van der Waals surface area contributed by atoms with Gasteiger partial charge in [0.2, 0.25) is 0 Å². The van der Waals surface area contributed by atoms with Gasteiger partial charge in [-0.3, -0.25) is 19.6 Å². The molecule has 0 spiro atoms. The van der Waals surface area contributed by atoms with E-state index in [0.29, 0.717) is 21.6 Å². The number of aliphatic carboxylic acids is 1. The Labute approximate surface area is 208 Å². The van der Waals surface area contributed by atoms with Crippen LogP contribution in [0.15, 0.2) is 40.9 Å². The molecular formula is C22H21BrCl2N4O4. The lowest BCUT2D eigenvalue weighted by molar-refractivity contribution is -0.145. The Balaban J connectivity index is 1.80. The fraction of sp³-hybridized carbons (Fsp3) is 0.318. The van der Waals surface area contributed by atoms with Gasteiger partial charge in [0.25, 0.3) is 5.91 Å². The Morgan fingerprint density at radius 1 is 1.18 bits per heavy atom. The van der Waals surface area contributed by atoms with E-state index in [0.717, 1.165) is 0 Å². The number of carboxylic acids is 1. The number of ketones is 1. The van der Waals surface area contributed by atoms with Crippen molar-refractivity contribution in [3.63, 3.8) is 0 Å². The maximum atomic E-state index is 12.5. The van der Waals surface area contributed by atoms with Crippen LogP contribution in [0.5, 0.6) is 0 Å². The number of anilines is 1. The molecule has 0 aliphatic heterocycles. The van der Waals surface area contributed by atoms with E-state index in [-0.39, 0.29) is 34.2 Å². The zero-order chi connectivity index (χ0) is 24.6. The smallest absolute Gasteiger partial charge is 0.329 e. The van der Waals surface area contributed by atoms with Gasteiger partial charge in [-0.25, -0.2) is 4.79 Å². The minimum atomic E-state index is -1.37. The van der Waals surface area contributed by atoms with Crippen LogP contribution < -0.4 is 10.6 Å². The second kappa shape index (κ2) is 9.40. The largest absolute Gasteiger partial charge is 0.479 e. The van der Waals surface area contributed by atoms with Gasteiger partial charge in [0, 0.05) is 30.2 Å². The summed E-state index contributed by atoms with van der Waals surface area (Å²) < 4.78 is 0.353. The highest BCUT2D eigenvalue weighted by Gasteiger charge is 2.50. The molecular weight excluding hydrogens is 535 g/mol. The first kappa shape index (κ1) is 25.1. The van der Waals surface area contributed by atoms with Gasteiger partial charge in [-0.1, -0.05) is 30.1 Å². The maximum absolute atomic E-state index is 12.5. The number of carboxylic acid groups (broad SMARTS) is 1. The summed E-state index contributed by atoms with van der Waals surface area (Å²) in [5.74, 6) is -1.67. The lowest BCUT2D eigenvalue weighted by Gasteiger charge is -2.42. The van der Waals surface area contributed by atoms with E-state index in [4.69, 9.17) is 23.2 Å². The summed E-state index contributed by atoms with van der Waals surface area (Å²) in [4.78, 5) is 45.0. The molecule has 1 aliphatic carbocycles. The van der Waals surface area contributed by atoms with Gasteiger partial charge in [0.05, 0.1) is 37.4 Å². The van der Waals surface area contributed by atoms with Crippen LogP contribution in [0.1, 0.15) is 43.2 Å². The van der Waals surface area contributed by atoms with Crippen molar-refractivity contribution in [1.82, 2.24) is 15.3 Å². The molecule has 0 aromatic carbocycles. The van der Waals surface area contributed by atoms with E-state index < -0.39 is 22.8 Å². The van der Waals surface area contributed by atoms with E-state index in [1.807, 2.05) is 0 Å². The van der Waals surface area contributed by atoms with E-state index >= 15 is 0 Å². The lowest BCUT2D eigenvalue weighted by Crippen LogP contribution is -2.58. The predicted octanol–water partition coefficient (Wildman–Crippen LogP) is 4.62. The van der Waals surface area contributed by atoms with E-state index in [2.05, 4.69) is 36.5 Å². The number of amides is 1. The minimum Gasteiger partial charge on any atom is -0.479 e. The first-order chi connectivity index (χ1) is 15.4. The Morgan fingerprint density at radius 3 is 2.30 bits per heavy atom. The summed E-state index contributed by atoms with van der Waals surface area (Å²) in [5.41, 5.74) is -0.659. The average molecular weight is 556 g/mol. The summed E-state index contributed by atoms with van der Waals surface area (Å²) in [6.45, 7) is 5.23. The zero-order valence-corrected chi connectivity index (χ0v) is 21.1. The molecule has 2 aromatic rings. The van der Waals surface area contributed by atoms with Crippen molar-refractivity contribution in [2.45, 2.75) is 39.2 Å². The van der Waals surface area contributed by atoms with Crippen LogP contribution in [0.3, 0.4) is 0 Å². The number of halogens is 3. The summed E-state index contributed by atoms with van der Waals surface area (Å²) in [7, 11) is 0. The van der Waals surface area contributed by atoms with Crippen LogP contribution in [0, 0.1) is 5.41 Å². The number of hydrogen-bond acceptors (Lipinski definition) is 6. The molecule has 1 amide bonds. The third-order valence-corrected chi connectivity index (χ3v) is 6.96. The number of pyridine rings is 2. The monoisotopic (exact) mass is 554 g/mol. The molecule has 0 fully saturated rings. The Bertz CT molecular complexity index is 1150. The summed E-state index contributed by atoms with van der Waals surface area (Å²) in [5, 5.41) is 16.0. The van der Waals surface area contributed by atoms with Crippen molar-refractivity contribution in [3.8, 4) is 0 Å². The van der Waals surface area contributed by atoms with Gasteiger partial charge in [0.15, 0.2) is 5.78 Å². The van der Waals surface area contributed by atoms with E-state index in [1.54, 1.807) is 32.9 Å². The molecule has 2 heterocycles. The molecule has 8 nitrogen and oxygen atoms in total. The molecule has 3 rings (SSSR count). The van der Waals surface area contributed by atoms with Gasteiger partial charge >= 0.3 is 5.97 Å². The van der Waals surface area contributed by atoms with Gasteiger partial charge in [-0.05, 0) is 48.3 Å². The zero-order valence-electron chi connectivity index (χ0n) is 18.0. The minimum absolute atomic E-state index is 0.0587. The molecule has 2 aromatic heterocycles. The quantitative estimate of drug-likeness (QED) is 0.434. The van der Waals surface area contributed by atoms with Gasteiger partial charge in [-0.2, -0.15) is 0 Å². The number of carbonyl (C=O) groups excluding carboxylic acids is 2. The molecule has 0 radical (unpaired) electrons. The topological polar surface area (TPSA) is 121 Å². The molecule has 1 aliphatic rings. The van der Waals surface area contributed by atoms with Crippen LogP contribution in [-0.2, 0) is 16.0 Å². The first-order valence-electron chi connectivity index (χ1n) is 9.95. The second-order valence-corrected chi connectivity index (χ2v) is 9.76. The van der Waals surface area contributed by atoms with E-state index in [1.165, 1.54) is 18.6 Å². The molecule has 0 bridgehead atoms. The van der Waals surface area contributed by atoms with Crippen molar-refractivity contribution < 1.29 is 19.5 Å². The summed E-state index contributed by atoms with van der Waals surface area (Å²) in [6.07, 6.45) is 4.36. The molecule has 3 N–H and O–H groups in total. The van der Waals surface area contributed by atoms with Crippen molar-refractivity contribution in [2.75, 3.05) is 5.32 Å². The third-order valence-electron chi connectivity index (χ3n) is 5.63. The van der Waals surface area contributed by atoms with Crippen LogP contribution >= 0.6 is 39.1 Å². The highest BCUT2D eigenvalue weighted by atomic mass is 79.9. The average Bonchev–Trinajstić information content (AvgIpc) is 2.76. The van der Waals surface area contributed by atoms with Crippen LogP contribution in [0.2, 0.25) is 10.0 Å². The van der Waals surface area contributed by atoms with Crippen LogP contribution in [0.25, 0.3) is 0 Å². The fourth-order valence-electron chi connectivity index (χ4n) is 3.44. The van der Waals surface area contributed by atoms with Crippen molar-refractivity contribution in [2.24, 2.45) is 5.41 Å². The molecule has 0 saturated heterocycles. The predicted molar refractivity (Wildman–Crippen MR) is 129 cm³/mol. The highest BCUT2D eigenvalue weighted by molar-refractivity contribution is 9.12. The Morgan fingerprint density at radius 2 is 1.82 bits per heavy atom. The highest BCUT2D eigenvalue weighted by Crippen LogP contribution is 2.44. The molecule has 1 atom stereocenters. The third kappa shape index (κ3) is 4.76. The Kier molecular flexibility index (Phi) is 7.16. The molecule has 33 heavy (non-hydrogen) atoms. The number of Topliss-reactive ketones (excluding diaryl/α,β-unsaturated/α-hetero) is 1. The number of carbonyl (C=O) groups is 3. The van der Waals surface area contributed by atoms with Gasteiger partial charge in [0.1, 0.15) is 5.54 Å². The number of nitrogens with one attached hydrogen (secondary N) is 2. The maximum Gasteiger partial charge on any atom is 0.329 e. The number of hydrogen-bond donors (Lipinski definition) is 3. The lowest BCUT2D eigenvalue weighted by atomic mass is 9.73. The van der Waals surface area contributed by atoms with Crippen molar-refractivity contribution in [3.05, 3.63) is 62.2 Å². The number of rotatable bonds is 8. The number of nitrogens with zero attached hydrogens (tertiary/aromatic N) is 2. The first-order valence-corrected chi connectivity index (χ1v) is 11.5. The molecule has 174 valence electrons. The van der Waals surface area contributed by atoms with Crippen molar-refractivity contribution in [1.29, 1.82) is 0 Å². The summed E-state index contributed by atoms with van der Waals surface area (Å²) >= 11 is 15.3. The SMILES string of the molecule is CC[C@@](Cc1ccc(NC(=O)c2c(Cl)cncc2Cl)cn1)(NC1=C(Br)C(=O)C1(C)C)C(=O)O. The normalized spacial score (nSPS) is 16.6. The van der Waals surface area contributed by atoms with Crippen LogP contribution in [0.4, 0.5) is 5.69 Å². The number of allylic oxidation sites excluding steroid dienone is 2. The molecule has 0 unspecified atom stereocenters. The van der Waals surface area contributed by atoms with Gasteiger partial charge in [-0.15, -0.1) is 0 Å². The standard InChI is InChI=1S/C22H21BrCl2N4O4/c1-4-22(20(32)33,29-17-16(23)18(30)21(17,2)3)7-11-5-6-12(8-27-11)28-19(31)15-13(24)9-26-10-14(15)25/h5-6,8-10,29H,4,7H2,1-3H3,(H,28,31)(H,32,33)/t22-/m0/s1. The summed E-state index contributed by atoms with van der Waals surface area (Å²) in [6, 6.07) is 3.23. The number of aromatic nitrogens is 2. The van der Waals surface area contributed by atoms with Crippen molar-refractivity contribution >= 4 is 62.5 Å². The second-order valence-electron chi connectivity index (χ2n) is 8.16. The van der Waals surface area contributed by atoms with E-state index in [9.17, 15) is 19.5 Å². The fourth-order valence-corrected chi connectivity index (χ4v) is 5.06. The molecule has 11 heteroatoms. The van der Waals surface area contributed by atoms with Gasteiger partial charge < -0.3 is 15.7 Å².